The van der Waals surface area contributed by atoms with E-state index in [4.69, 9.17) is 9.47 Å². The predicted molar refractivity (Wildman–Crippen MR) is 61.3 cm³/mol. The molecule has 1 aromatic heterocycles. The third-order valence-electron chi connectivity index (χ3n) is 3.10. The summed E-state index contributed by atoms with van der Waals surface area (Å²) in [7, 11) is 4.93. The highest BCUT2D eigenvalue weighted by Gasteiger charge is 2.33. The summed E-state index contributed by atoms with van der Waals surface area (Å²) < 4.78 is 11.9. The summed E-state index contributed by atoms with van der Waals surface area (Å²) in [6.45, 7) is 0.701. The zero-order valence-electron chi connectivity index (χ0n) is 10.3. The maximum Gasteiger partial charge on any atom is 0.201 e. The molecule has 1 fully saturated rings. The van der Waals surface area contributed by atoms with Crippen LogP contribution in [0.5, 0.6) is 5.75 Å². The van der Waals surface area contributed by atoms with Gasteiger partial charge in [0.2, 0.25) is 5.78 Å². The minimum absolute atomic E-state index is 0.00130. The Hall–Kier alpha value is -1.40. The molecule has 2 atom stereocenters. The lowest BCUT2D eigenvalue weighted by atomic mass is 10.1. The number of aromatic nitrogens is 2. The van der Waals surface area contributed by atoms with Crippen LogP contribution < -0.4 is 10.1 Å². The summed E-state index contributed by atoms with van der Waals surface area (Å²) in [5, 5.41) is 7.18. The van der Waals surface area contributed by atoms with Gasteiger partial charge in [0.15, 0.2) is 5.75 Å². The van der Waals surface area contributed by atoms with Crippen molar-refractivity contribution in [1.29, 1.82) is 0 Å². The fourth-order valence-electron chi connectivity index (χ4n) is 2.10. The van der Waals surface area contributed by atoms with E-state index in [-0.39, 0.29) is 17.9 Å². The van der Waals surface area contributed by atoms with Gasteiger partial charge in [0.05, 0.1) is 25.5 Å². The summed E-state index contributed by atoms with van der Waals surface area (Å²) in [5.41, 5.74) is 0.502. The van der Waals surface area contributed by atoms with Crippen molar-refractivity contribution in [3.8, 4) is 5.75 Å². The van der Waals surface area contributed by atoms with Crippen molar-refractivity contribution in [2.24, 2.45) is 7.05 Å². The van der Waals surface area contributed by atoms with Crippen LogP contribution in [0.4, 0.5) is 0 Å². The smallest absolute Gasteiger partial charge is 0.201 e. The zero-order valence-corrected chi connectivity index (χ0v) is 10.3. The maximum absolute atomic E-state index is 12.3. The molecule has 94 valence electrons. The van der Waals surface area contributed by atoms with Gasteiger partial charge in [-0.25, -0.2) is 0 Å². The van der Waals surface area contributed by atoms with Crippen LogP contribution in [0.15, 0.2) is 6.20 Å². The van der Waals surface area contributed by atoms with Crippen molar-refractivity contribution in [2.75, 3.05) is 20.8 Å². The second-order valence-corrected chi connectivity index (χ2v) is 4.10. The van der Waals surface area contributed by atoms with Crippen LogP contribution >= 0.6 is 0 Å². The Balaban J connectivity index is 2.17. The van der Waals surface area contributed by atoms with E-state index in [2.05, 4.69) is 10.4 Å². The van der Waals surface area contributed by atoms with Crippen LogP contribution in [-0.4, -0.2) is 48.5 Å². The van der Waals surface area contributed by atoms with Gasteiger partial charge in [-0.15, -0.1) is 0 Å². The standard InChI is InChI=1S/C11H17N3O3/c1-14-10(9(17-3)6-13-14)11(15)8-4-7(16-2)5-12-8/h6-8,12H,4-5H2,1-3H3. The Morgan fingerprint density at radius 3 is 2.94 bits per heavy atom. The highest BCUT2D eigenvalue weighted by Crippen LogP contribution is 2.21. The molecule has 1 aliphatic heterocycles. The molecule has 0 aliphatic carbocycles. The van der Waals surface area contributed by atoms with Crippen molar-refractivity contribution >= 4 is 5.78 Å². The van der Waals surface area contributed by atoms with Crippen molar-refractivity contribution in [2.45, 2.75) is 18.6 Å². The summed E-state index contributed by atoms with van der Waals surface area (Å²) in [5.74, 6) is 0.515. The molecule has 1 N–H and O–H groups in total. The van der Waals surface area contributed by atoms with E-state index in [0.29, 0.717) is 24.4 Å². The van der Waals surface area contributed by atoms with Gasteiger partial charge in [0, 0.05) is 20.7 Å². The second kappa shape index (κ2) is 4.85. The van der Waals surface area contributed by atoms with Gasteiger partial charge in [-0.05, 0) is 6.42 Å². The first kappa shape index (κ1) is 12.1. The SMILES string of the molecule is COc1cnn(C)c1C(=O)C1CC(OC)CN1. The average molecular weight is 239 g/mol. The Morgan fingerprint density at radius 2 is 2.35 bits per heavy atom. The highest BCUT2D eigenvalue weighted by atomic mass is 16.5. The molecule has 1 aliphatic rings. The molecule has 0 spiro atoms. The van der Waals surface area contributed by atoms with E-state index in [1.54, 1.807) is 25.0 Å². The number of aryl methyl sites for hydroxylation is 1. The van der Waals surface area contributed by atoms with Gasteiger partial charge in [-0.3, -0.25) is 9.48 Å². The average Bonchev–Trinajstić information content (AvgIpc) is 2.94. The topological polar surface area (TPSA) is 65.4 Å². The number of hydrogen-bond donors (Lipinski definition) is 1. The van der Waals surface area contributed by atoms with Crippen LogP contribution in [0.3, 0.4) is 0 Å². The third-order valence-corrected chi connectivity index (χ3v) is 3.10. The Kier molecular flexibility index (Phi) is 3.44. The van der Waals surface area contributed by atoms with Crippen LogP contribution in [0.2, 0.25) is 0 Å². The summed E-state index contributed by atoms with van der Waals surface area (Å²) in [6, 6.07) is -0.218. The molecular weight excluding hydrogens is 222 g/mol. The van der Waals surface area contributed by atoms with E-state index in [9.17, 15) is 4.79 Å². The number of carbonyl (C=O) groups excluding carboxylic acids is 1. The molecule has 1 saturated heterocycles. The number of ether oxygens (including phenoxy) is 2. The van der Waals surface area contributed by atoms with E-state index in [1.807, 2.05) is 0 Å². The predicted octanol–water partition coefficient (Wildman–Crippen LogP) is -0.0117. The number of Topliss-reactive ketones (excluding diaryl/α,β-unsaturated/α-hetero) is 1. The lowest BCUT2D eigenvalue weighted by molar-refractivity contribution is 0.0907. The maximum atomic E-state index is 12.3. The van der Waals surface area contributed by atoms with Crippen molar-refractivity contribution in [3.63, 3.8) is 0 Å². The number of nitrogens with zero attached hydrogens (tertiary/aromatic N) is 2. The molecule has 17 heavy (non-hydrogen) atoms. The zero-order chi connectivity index (χ0) is 12.4. The van der Waals surface area contributed by atoms with Gasteiger partial charge in [0.25, 0.3) is 0 Å². The van der Waals surface area contributed by atoms with Gasteiger partial charge >= 0.3 is 0 Å². The summed E-state index contributed by atoms with van der Waals surface area (Å²) in [6.07, 6.45) is 2.34. The molecule has 0 aromatic carbocycles. The van der Waals surface area contributed by atoms with Crippen LogP contribution in [0.1, 0.15) is 16.9 Å². The van der Waals surface area contributed by atoms with E-state index >= 15 is 0 Å². The molecule has 0 saturated carbocycles. The van der Waals surface area contributed by atoms with Crippen LogP contribution in [0.25, 0.3) is 0 Å². The number of rotatable bonds is 4. The van der Waals surface area contributed by atoms with Gasteiger partial charge in [-0.1, -0.05) is 0 Å². The monoisotopic (exact) mass is 239 g/mol. The number of hydrogen-bond acceptors (Lipinski definition) is 5. The molecule has 0 bridgehead atoms. The van der Waals surface area contributed by atoms with E-state index in [1.165, 1.54) is 7.11 Å². The Labute approximate surface area is 99.9 Å². The molecule has 2 unspecified atom stereocenters. The first-order chi connectivity index (χ1) is 8.17. The Bertz CT molecular complexity index is 416. The quantitative estimate of drug-likeness (QED) is 0.748. The molecule has 2 rings (SSSR count). The minimum atomic E-state index is -0.218. The summed E-state index contributed by atoms with van der Waals surface area (Å²) in [4.78, 5) is 12.3. The number of carbonyl (C=O) groups is 1. The van der Waals surface area contributed by atoms with Crippen molar-refractivity contribution < 1.29 is 14.3 Å². The van der Waals surface area contributed by atoms with Crippen molar-refractivity contribution in [3.05, 3.63) is 11.9 Å². The molecule has 0 amide bonds. The number of methoxy groups -OCH3 is 2. The molecule has 2 heterocycles. The molecule has 6 heteroatoms. The van der Waals surface area contributed by atoms with Gasteiger partial charge < -0.3 is 14.8 Å². The Morgan fingerprint density at radius 1 is 1.59 bits per heavy atom. The normalized spacial score (nSPS) is 23.9. The van der Waals surface area contributed by atoms with Crippen LogP contribution in [0, 0.1) is 0 Å². The molecule has 6 nitrogen and oxygen atoms in total. The van der Waals surface area contributed by atoms with E-state index in [0.717, 1.165) is 0 Å². The molecule has 1 aromatic rings. The van der Waals surface area contributed by atoms with Crippen molar-refractivity contribution in [1.82, 2.24) is 15.1 Å². The number of ketones is 1. The highest BCUT2D eigenvalue weighted by molar-refractivity contribution is 6.01. The molecular formula is C11H17N3O3. The summed E-state index contributed by atoms with van der Waals surface area (Å²) >= 11 is 0. The first-order valence-electron chi connectivity index (χ1n) is 5.53. The fraction of sp³-hybridized carbons (Fsp3) is 0.636. The second-order valence-electron chi connectivity index (χ2n) is 4.10. The first-order valence-corrected chi connectivity index (χ1v) is 5.53. The third kappa shape index (κ3) is 2.18. The number of nitrogens with one attached hydrogen (secondary N) is 1. The largest absolute Gasteiger partial charge is 0.493 e. The fourth-order valence-corrected chi connectivity index (χ4v) is 2.10. The van der Waals surface area contributed by atoms with Crippen LogP contribution in [-0.2, 0) is 11.8 Å². The lowest BCUT2D eigenvalue weighted by Crippen LogP contribution is -2.32. The molecule has 0 radical (unpaired) electrons. The minimum Gasteiger partial charge on any atom is -0.493 e. The van der Waals surface area contributed by atoms with Gasteiger partial charge in [-0.2, -0.15) is 5.10 Å². The van der Waals surface area contributed by atoms with E-state index < -0.39 is 0 Å². The van der Waals surface area contributed by atoms with Gasteiger partial charge in [0.1, 0.15) is 5.69 Å². The lowest BCUT2D eigenvalue weighted by Gasteiger charge is -2.10.